The first kappa shape index (κ1) is 50.2. The monoisotopic (exact) mass is 968 g/mol. The number of rotatable bonds is 8. The zero-order valence-electron chi connectivity index (χ0n) is 38.9. The summed E-state index contributed by atoms with van der Waals surface area (Å²) >= 11 is 1.36. The first-order valence-electron chi connectivity index (χ1n) is 23.7. The summed E-state index contributed by atoms with van der Waals surface area (Å²) in [5.74, 6) is 6.73. The van der Waals surface area contributed by atoms with Gasteiger partial charge in [0.25, 0.3) is 0 Å². The summed E-state index contributed by atoms with van der Waals surface area (Å²) in [6.45, 7) is 9.97. The van der Waals surface area contributed by atoms with Gasteiger partial charge in [-0.05, 0) is 164 Å². The molecular weight excluding hydrogens is 899 g/mol. The SMILES string of the molecule is CCCC(C)c1cc2c(-c3ccc(C45CC6CC(CC(C6)C4)C5)cc3)cccc2[cH-]1.CCc1cc2c(-c3ccc(C45CC6CC(CC(C6)C4)C5)cc3)cccc2[cH-]1.Cl.Cl.[CH3-].[CH3-].[Si]=[Zr]. The number of benzene rings is 4. The first-order valence-corrected chi connectivity index (χ1v) is 27.9. The van der Waals surface area contributed by atoms with Crippen LogP contribution in [0.3, 0.4) is 0 Å². The van der Waals surface area contributed by atoms with E-state index in [-0.39, 0.29) is 39.7 Å². The molecule has 0 N–H and O–H groups in total. The van der Waals surface area contributed by atoms with Crippen molar-refractivity contribution in [3.63, 3.8) is 0 Å². The molecule has 8 bridgehead atoms. The van der Waals surface area contributed by atoms with E-state index in [1.54, 1.807) is 11.1 Å². The molecule has 1 unspecified atom stereocenters. The van der Waals surface area contributed by atoms with E-state index in [9.17, 15) is 0 Å². The minimum atomic E-state index is 0. The van der Waals surface area contributed by atoms with Crippen LogP contribution in [-0.2, 0) is 40.6 Å². The van der Waals surface area contributed by atoms with E-state index in [0.29, 0.717) is 16.7 Å². The van der Waals surface area contributed by atoms with Crippen LogP contribution in [-0.4, -0.2) is 6.88 Å². The van der Waals surface area contributed by atoms with Gasteiger partial charge >= 0.3 is 30.2 Å². The van der Waals surface area contributed by atoms with Gasteiger partial charge in [-0.3, -0.25) is 0 Å². The molecular formula is C59H72Cl2SiZr-4. The van der Waals surface area contributed by atoms with Crippen molar-refractivity contribution in [1.82, 2.24) is 0 Å². The van der Waals surface area contributed by atoms with Gasteiger partial charge in [-0.2, -0.15) is 12.1 Å². The third-order valence-corrected chi connectivity index (χ3v) is 17.0. The summed E-state index contributed by atoms with van der Waals surface area (Å²) in [4.78, 5) is 0. The van der Waals surface area contributed by atoms with E-state index >= 15 is 0 Å². The summed E-state index contributed by atoms with van der Waals surface area (Å²) in [6.07, 6.45) is 21.5. The van der Waals surface area contributed by atoms with E-state index in [1.165, 1.54) is 168 Å². The Balaban J connectivity index is 0.000000191. The summed E-state index contributed by atoms with van der Waals surface area (Å²) in [5.41, 5.74) is 12.8. The van der Waals surface area contributed by atoms with Crippen LogP contribution in [0.1, 0.15) is 139 Å². The molecule has 8 aliphatic carbocycles. The van der Waals surface area contributed by atoms with Gasteiger partial charge in [0.15, 0.2) is 0 Å². The molecule has 1 atom stereocenters. The molecule has 6 aromatic carbocycles. The normalized spacial score (nSPS) is 28.3. The summed E-state index contributed by atoms with van der Waals surface area (Å²) < 4.78 is 0. The van der Waals surface area contributed by atoms with Gasteiger partial charge in [-0.15, -0.1) is 93.9 Å². The predicted octanol–water partition coefficient (Wildman–Crippen LogP) is 17.2. The molecule has 0 saturated heterocycles. The third kappa shape index (κ3) is 9.52. The van der Waals surface area contributed by atoms with E-state index in [1.807, 2.05) is 0 Å². The zero-order valence-corrected chi connectivity index (χ0v) is 43.9. The van der Waals surface area contributed by atoms with Gasteiger partial charge < -0.3 is 14.9 Å². The Morgan fingerprint density at radius 3 is 1.32 bits per heavy atom. The molecule has 63 heavy (non-hydrogen) atoms. The molecule has 8 fully saturated rings. The van der Waals surface area contributed by atoms with Crippen molar-refractivity contribution < 1.29 is 23.3 Å². The Morgan fingerprint density at radius 1 is 0.556 bits per heavy atom. The summed E-state index contributed by atoms with van der Waals surface area (Å²) in [6, 6.07) is 42.8. The van der Waals surface area contributed by atoms with Gasteiger partial charge in [0.1, 0.15) is 0 Å². The van der Waals surface area contributed by atoms with Crippen LogP contribution in [0.4, 0.5) is 0 Å². The van der Waals surface area contributed by atoms with Crippen LogP contribution in [0.15, 0.2) is 109 Å². The van der Waals surface area contributed by atoms with Gasteiger partial charge in [0.2, 0.25) is 0 Å². The minimum absolute atomic E-state index is 0. The molecule has 14 rings (SSSR count). The second-order valence-corrected chi connectivity index (χ2v) is 20.9. The topological polar surface area (TPSA) is 0 Å². The Kier molecular flexibility index (Phi) is 16.5. The van der Waals surface area contributed by atoms with Crippen molar-refractivity contribution in [3.8, 4) is 22.3 Å². The second-order valence-electron chi connectivity index (χ2n) is 20.9. The number of fused-ring (bicyclic) bond motifs is 2. The maximum absolute atomic E-state index is 3.06. The molecule has 0 spiro atoms. The van der Waals surface area contributed by atoms with E-state index in [4.69, 9.17) is 0 Å². The number of aryl methyl sites for hydroxylation is 1. The fourth-order valence-electron chi connectivity index (χ4n) is 15.1. The predicted molar refractivity (Wildman–Crippen MR) is 275 cm³/mol. The van der Waals surface area contributed by atoms with Crippen molar-refractivity contribution in [2.24, 2.45) is 35.5 Å². The standard InChI is InChI=1S/C30H35.C27H29.2CH3.2ClH.Si.Zr/c1-3-5-20(2)26-15-25-6-4-7-28(29(25)16-26)24-8-10-27(11-9-24)30-17-21-12-22(18-30)14-23(13-21)19-30;1-2-18-13-23-4-3-5-25(26(23)14-18)22-6-8-24(9-7-22)27-15-19-10-20(16-27)12-21(11-19)17-27;;;;;;/h4,6-11,15-16,20-23H,3,5,12-14,17-19H2,1-2H3;3-9,13-14,19-21H,2,10-12,15-17H2,1H3;2*1H3;2*1H;;/q4*-1;;;;. The van der Waals surface area contributed by atoms with E-state index in [0.717, 1.165) is 41.9 Å². The Morgan fingerprint density at radius 2 is 0.937 bits per heavy atom. The molecule has 0 heterocycles. The average molecular weight is 971 g/mol. The molecule has 8 aliphatic rings. The van der Waals surface area contributed by atoms with Crippen LogP contribution < -0.4 is 0 Å². The quantitative estimate of drug-likeness (QED) is 0.105. The molecule has 0 aromatic heterocycles. The van der Waals surface area contributed by atoms with Gasteiger partial charge in [-0.25, -0.2) is 0 Å². The zero-order chi connectivity index (χ0) is 40.3. The second kappa shape index (κ2) is 20.7. The maximum atomic E-state index is 3.06. The molecule has 2 radical (unpaired) electrons. The van der Waals surface area contributed by atoms with Crippen molar-refractivity contribution in [3.05, 3.63) is 146 Å². The Bertz CT molecular complexity index is 2350. The molecule has 334 valence electrons. The first-order chi connectivity index (χ1) is 28.9. The van der Waals surface area contributed by atoms with Crippen LogP contribution in [0, 0.1) is 50.4 Å². The molecule has 6 aromatic rings. The van der Waals surface area contributed by atoms with Crippen molar-refractivity contribution in [2.75, 3.05) is 0 Å². The Hall–Kier alpha value is -2.22. The van der Waals surface area contributed by atoms with E-state index < -0.39 is 0 Å². The summed E-state index contributed by atoms with van der Waals surface area (Å²) in [5, 5.41) is 5.63. The summed E-state index contributed by atoms with van der Waals surface area (Å²) in [7, 11) is 0. The molecule has 0 aliphatic heterocycles. The fourth-order valence-corrected chi connectivity index (χ4v) is 15.1. The fraction of sp³-hybridized carbons (Fsp3) is 0.458. The molecule has 4 heteroatoms. The van der Waals surface area contributed by atoms with Gasteiger partial charge in [0.05, 0.1) is 0 Å². The van der Waals surface area contributed by atoms with Crippen LogP contribution >= 0.6 is 24.8 Å². The number of hydrogen-bond acceptors (Lipinski definition) is 0. The van der Waals surface area contributed by atoms with Crippen LogP contribution in [0.2, 0.25) is 0 Å². The molecule has 0 amide bonds. The van der Waals surface area contributed by atoms with Gasteiger partial charge in [-0.1, -0.05) is 99.0 Å². The van der Waals surface area contributed by atoms with Crippen molar-refractivity contribution >= 4 is 53.2 Å². The van der Waals surface area contributed by atoms with Crippen LogP contribution in [0.25, 0.3) is 43.8 Å². The number of halogens is 2. The van der Waals surface area contributed by atoms with Gasteiger partial charge in [0, 0.05) is 0 Å². The number of hydrogen-bond donors (Lipinski definition) is 0. The van der Waals surface area contributed by atoms with E-state index in [2.05, 4.69) is 137 Å². The third-order valence-electron chi connectivity index (χ3n) is 17.0. The van der Waals surface area contributed by atoms with Crippen molar-refractivity contribution in [2.45, 2.75) is 134 Å². The molecule has 8 saturated carbocycles. The van der Waals surface area contributed by atoms with Crippen LogP contribution in [0.5, 0.6) is 0 Å². The molecule has 0 nitrogen and oxygen atoms in total. The van der Waals surface area contributed by atoms with Crippen molar-refractivity contribution in [1.29, 1.82) is 0 Å². The Labute approximate surface area is 411 Å². The average Bonchev–Trinajstić information content (AvgIpc) is 3.89.